The first-order valence-electron chi connectivity index (χ1n) is 10.7. The molecule has 0 spiro atoms. The van der Waals surface area contributed by atoms with Gasteiger partial charge >= 0.3 is 0 Å². The molecule has 3 aromatic rings. The molecule has 0 aliphatic carbocycles. The molecule has 7 heteroatoms. The lowest BCUT2D eigenvalue weighted by Crippen LogP contribution is -2.47. The van der Waals surface area contributed by atoms with E-state index in [0.29, 0.717) is 0 Å². The van der Waals surface area contributed by atoms with E-state index in [0.717, 1.165) is 34.8 Å². The number of benzene rings is 1. The van der Waals surface area contributed by atoms with Gasteiger partial charge < -0.3 is 14.7 Å². The summed E-state index contributed by atoms with van der Waals surface area (Å²) in [6.07, 6.45) is 4.47. The molecule has 0 radical (unpaired) electrons. The zero-order valence-corrected chi connectivity index (χ0v) is 18.2. The van der Waals surface area contributed by atoms with Crippen LogP contribution in [0.15, 0.2) is 30.5 Å². The Balaban J connectivity index is 1.23. The Morgan fingerprint density at radius 3 is 2.45 bits per heavy atom. The van der Waals surface area contributed by atoms with Crippen LogP contribution >= 0.6 is 11.3 Å². The monoisotopic (exact) mass is 410 g/mol. The van der Waals surface area contributed by atoms with Gasteiger partial charge in [-0.2, -0.15) is 0 Å². The van der Waals surface area contributed by atoms with E-state index in [9.17, 15) is 0 Å². The number of anilines is 1. The van der Waals surface area contributed by atoms with Gasteiger partial charge in [-0.25, -0.2) is 9.50 Å². The van der Waals surface area contributed by atoms with Gasteiger partial charge in [-0.15, -0.1) is 5.10 Å². The number of aromatic nitrogens is 3. The van der Waals surface area contributed by atoms with Crippen molar-refractivity contribution < 1.29 is 0 Å². The molecule has 2 aliphatic heterocycles. The molecule has 2 saturated heterocycles. The number of likely N-dealkylation sites (N-methyl/N-ethyl adjacent to an activating group) is 1. The summed E-state index contributed by atoms with van der Waals surface area (Å²) in [7, 11) is 2.23. The Morgan fingerprint density at radius 1 is 1.00 bits per heavy atom. The molecule has 29 heavy (non-hydrogen) atoms. The lowest BCUT2D eigenvalue weighted by molar-refractivity contribution is 0.129. The lowest BCUT2D eigenvalue weighted by Gasteiger charge is -2.37. The average Bonchev–Trinajstić information content (AvgIpc) is 3.32. The second-order valence-electron chi connectivity index (χ2n) is 8.62. The van der Waals surface area contributed by atoms with Gasteiger partial charge in [0, 0.05) is 51.4 Å². The van der Waals surface area contributed by atoms with Crippen molar-refractivity contribution in [3.05, 3.63) is 36.0 Å². The Morgan fingerprint density at radius 2 is 1.72 bits per heavy atom. The molecule has 0 unspecified atom stereocenters. The number of hydrogen-bond acceptors (Lipinski definition) is 6. The number of rotatable bonds is 4. The predicted octanol–water partition coefficient (Wildman–Crippen LogP) is 3.23. The molecule has 154 valence electrons. The Bertz CT molecular complexity index is 946. The number of piperidine rings is 1. The van der Waals surface area contributed by atoms with Crippen LogP contribution in [-0.4, -0.2) is 77.3 Å². The summed E-state index contributed by atoms with van der Waals surface area (Å²) in [6, 6.07) is 8.60. The summed E-state index contributed by atoms with van der Waals surface area (Å²) in [4.78, 5) is 13.1. The Kier molecular flexibility index (Phi) is 5.28. The van der Waals surface area contributed by atoms with Gasteiger partial charge in [0.05, 0.1) is 11.9 Å². The van der Waals surface area contributed by atoms with Crippen molar-refractivity contribution in [3.63, 3.8) is 0 Å². The third-order valence-corrected chi connectivity index (χ3v) is 7.40. The van der Waals surface area contributed by atoms with E-state index in [4.69, 9.17) is 5.10 Å². The number of imidazole rings is 1. The van der Waals surface area contributed by atoms with E-state index in [1.807, 2.05) is 10.7 Å². The lowest BCUT2D eigenvalue weighted by atomic mass is 9.96. The maximum Gasteiger partial charge on any atom is 0.214 e. The molecule has 4 heterocycles. The van der Waals surface area contributed by atoms with Crippen molar-refractivity contribution in [1.82, 2.24) is 24.4 Å². The zero-order chi connectivity index (χ0) is 19.8. The zero-order valence-electron chi connectivity index (χ0n) is 17.4. The van der Waals surface area contributed by atoms with Gasteiger partial charge in [0.2, 0.25) is 10.1 Å². The molecule has 0 atom stereocenters. The van der Waals surface area contributed by atoms with Gasteiger partial charge in [0.25, 0.3) is 0 Å². The van der Waals surface area contributed by atoms with Crippen LogP contribution in [0.3, 0.4) is 0 Å². The normalized spacial score (nSPS) is 20.0. The second-order valence-corrected chi connectivity index (χ2v) is 9.56. The van der Waals surface area contributed by atoms with Crippen molar-refractivity contribution in [3.8, 4) is 11.3 Å². The van der Waals surface area contributed by atoms with Crippen LogP contribution in [0, 0.1) is 12.8 Å². The van der Waals surface area contributed by atoms with E-state index >= 15 is 0 Å². The van der Waals surface area contributed by atoms with E-state index in [1.54, 1.807) is 11.3 Å². The predicted molar refractivity (Wildman–Crippen MR) is 120 cm³/mol. The van der Waals surface area contributed by atoms with Gasteiger partial charge in [0.1, 0.15) is 0 Å². The summed E-state index contributed by atoms with van der Waals surface area (Å²) in [6.45, 7) is 10.5. The minimum Gasteiger partial charge on any atom is -0.347 e. The fraction of sp³-hybridized carbons (Fsp3) is 0.545. The largest absolute Gasteiger partial charge is 0.347 e. The fourth-order valence-electron chi connectivity index (χ4n) is 4.43. The number of nitrogens with zero attached hydrogens (tertiary/aromatic N) is 6. The van der Waals surface area contributed by atoms with Gasteiger partial charge in [0.15, 0.2) is 0 Å². The maximum absolute atomic E-state index is 4.93. The average molecular weight is 411 g/mol. The van der Waals surface area contributed by atoms with Crippen molar-refractivity contribution in [1.29, 1.82) is 0 Å². The Labute approximate surface area is 176 Å². The summed E-state index contributed by atoms with van der Waals surface area (Å²) < 4.78 is 2.01. The minimum absolute atomic E-state index is 0.821. The minimum atomic E-state index is 0.821. The second kappa shape index (κ2) is 8.05. The quantitative estimate of drug-likeness (QED) is 0.660. The molecule has 0 saturated carbocycles. The van der Waals surface area contributed by atoms with Gasteiger partial charge in [-0.3, -0.25) is 0 Å². The van der Waals surface area contributed by atoms with Gasteiger partial charge in [-0.05, 0) is 32.7 Å². The first kappa shape index (κ1) is 19.0. The molecule has 2 aliphatic rings. The highest BCUT2D eigenvalue weighted by molar-refractivity contribution is 7.20. The summed E-state index contributed by atoms with van der Waals surface area (Å²) >= 11 is 1.71. The van der Waals surface area contributed by atoms with Crippen LogP contribution in [0.25, 0.3) is 16.2 Å². The first-order valence-corrected chi connectivity index (χ1v) is 11.5. The molecule has 0 amide bonds. The molecule has 6 nitrogen and oxygen atoms in total. The van der Waals surface area contributed by atoms with Crippen molar-refractivity contribution in [2.75, 3.05) is 57.8 Å². The van der Waals surface area contributed by atoms with Crippen LogP contribution in [0.2, 0.25) is 0 Å². The smallest absolute Gasteiger partial charge is 0.214 e. The van der Waals surface area contributed by atoms with E-state index < -0.39 is 0 Å². The van der Waals surface area contributed by atoms with Crippen molar-refractivity contribution >= 4 is 21.4 Å². The van der Waals surface area contributed by atoms with Crippen LogP contribution in [0.4, 0.5) is 5.13 Å². The summed E-state index contributed by atoms with van der Waals surface area (Å²) in [5.41, 5.74) is 3.52. The SMILES string of the molecule is Cc1ccc(-c2cnc3sc(N4CCC(CN5CCN(C)CC5)CC4)nn23)cc1. The molecule has 2 fully saturated rings. The van der Waals surface area contributed by atoms with E-state index in [1.165, 1.54) is 56.7 Å². The third-order valence-electron chi connectivity index (χ3n) is 6.42. The molecule has 0 N–H and O–H groups in total. The maximum atomic E-state index is 4.93. The van der Waals surface area contributed by atoms with Crippen molar-refractivity contribution in [2.45, 2.75) is 19.8 Å². The van der Waals surface area contributed by atoms with Crippen molar-refractivity contribution in [2.24, 2.45) is 5.92 Å². The van der Waals surface area contributed by atoms with Crippen LogP contribution < -0.4 is 4.90 Å². The third kappa shape index (κ3) is 4.04. The topological polar surface area (TPSA) is 39.9 Å². The summed E-state index contributed by atoms with van der Waals surface area (Å²) in [5, 5.41) is 6.04. The molecular formula is C22H30N6S. The molecule has 1 aromatic carbocycles. The van der Waals surface area contributed by atoms with Crippen LogP contribution in [-0.2, 0) is 0 Å². The number of piperazine rings is 1. The van der Waals surface area contributed by atoms with Gasteiger partial charge in [-0.1, -0.05) is 41.2 Å². The first-order chi connectivity index (χ1) is 14.2. The summed E-state index contributed by atoms with van der Waals surface area (Å²) in [5.74, 6) is 0.821. The number of aryl methyl sites for hydroxylation is 1. The Hall–Kier alpha value is -1.96. The van der Waals surface area contributed by atoms with E-state index in [-0.39, 0.29) is 0 Å². The number of fused-ring (bicyclic) bond motifs is 1. The molecule has 0 bridgehead atoms. The molecule has 2 aromatic heterocycles. The molecule has 5 rings (SSSR count). The highest BCUT2D eigenvalue weighted by Gasteiger charge is 2.25. The highest BCUT2D eigenvalue weighted by atomic mass is 32.1. The number of hydrogen-bond donors (Lipinski definition) is 0. The fourth-order valence-corrected chi connectivity index (χ4v) is 5.36. The highest BCUT2D eigenvalue weighted by Crippen LogP contribution is 2.31. The van der Waals surface area contributed by atoms with Crippen LogP contribution in [0.1, 0.15) is 18.4 Å². The molecular weight excluding hydrogens is 380 g/mol. The van der Waals surface area contributed by atoms with E-state index in [2.05, 4.69) is 57.9 Å². The van der Waals surface area contributed by atoms with Crippen LogP contribution in [0.5, 0.6) is 0 Å². The standard InChI is InChI=1S/C22H30N6S/c1-17-3-5-19(6-4-17)20-15-23-21-28(20)24-22(29-21)27-9-7-18(8-10-27)16-26-13-11-25(2)12-14-26/h3-6,15,18H,7-14,16H2,1-2H3.